The van der Waals surface area contributed by atoms with Crippen LogP contribution in [0, 0.1) is 5.92 Å². The zero-order valence-electron chi connectivity index (χ0n) is 10.0. The summed E-state index contributed by atoms with van der Waals surface area (Å²) >= 11 is 0. The van der Waals surface area contributed by atoms with Gasteiger partial charge in [-0.05, 0) is 24.4 Å². The van der Waals surface area contributed by atoms with Crippen LogP contribution in [0.25, 0.3) is 0 Å². The topological polar surface area (TPSA) is 9.23 Å². The lowest BCUT2D eigenvalue weighted by Crippen LogP contribution is -2.28. The predicted octanol–water partition coefficient (Wildman–Crippen LogP) is 3.97. The molecule has 1 nitrogen and oxygen atoms in total. The van der Waals surface area contributed by atoms with E-state index in [2.05, 4.69) is 33.6 Å². The molecule has 0 heterocycles. The van der Waals surface area contributed by atoms with Crippen molar-refractivity contribution in [3.05, 3.63) is 38.0 Å². The third-order valence-electron chi connectivity index (χ3n) is 2.20. The first-order valence-electron chi connectivity index (χ1n) is 5.49. The summed E-state index contributed by atoms with van der Waals surface area (Å²) in [6.45, 7) is 15.7. The molecule has 0 aromatic heterocycles. The van der Waals surface area contributed by atoms with Gasteiger partial charge < -0.3 is 4.43 Å². The Labute approximate surface area is 96.3 Å². The summed E-state index contributed by atoms with van der Waals surface area (Å²) in [5.41, 5.74) is 0. The van der Waals surface area contributed by atoms with Gasteiger partial charge in [-0.25, -0.2) is 0 Å². The molecule has 0 fully saturated rings. The smallest absolute Gasteiger partial charge is 0.219 e. The maximum atomic E-state index is 6.12. The first-order chi connectivity index (χ1) is 7.15. The van der Waals surface area contributed by atoms with Crippen LogP contribution >= 0.6 is 0 Å². The minimum atomic E-state index is -0.796. The minimum Gasteiger partial charge on any atom is -0.413 e. The van der Waals surface area contributed by atoms with Crippen molar-refractivity contribution in [1.82, 2.24) is 0 Å². The fourth-order valence-corrected chi connectivity index (χ4v) is 3.14. The monoisotopic (exact) mass is 223 g/mol. The molecule has 0 bridgehead atoms. The van der Waals surface area contributed by atoms with Crippen molar-refractivity contribution in [3.8, 4) is 0 Å². The second-order valence-corrected chi connectivity index (χ2v) is 6.08. The zero-order valence-corrected chi connectivity index (χ0v) is 11.0. The SMILES string of the molecule is C=CCC(O[Si](CC=C)CC=C)C(C)C. The van der Waals surface area contributed by atoms with Gasteiger partial charge in [0, 0.05) is 0 Å². The van der Waals surface area contributed by atoms with Crippen LogP contribution < -0.4 is 0 Å². The molecule has 1 unspecified atom stereocenters. The van der Waals surface area contributed by atoms with E-state index in [1.54, 1.807) is 0 Å². The van der Waals surface area contributed by atoms with E-state index in [1.807, 2.05) is 18.2 Å². The van der Waals surface area contributed by atoms with Crippen LogP contribution in [-0.4, -0.2) is 15.1 Å². The summed E-state index contributed by atoms with van der Waals surface area (Å²) in [6.07, 6.45) is 7.06. The van der Waals surface area contributed by atoms with Crippen molar-refractivity contribution in [2.45, 2.75) is 38.5 Å². The van der Waals surface area contributed by atoms with Crippen LogP contribution in [0.1, 0.15) is 20.3 Å². The summed E-state index contributed by atoms with van der Waals surface area (Å²) in [4.78, 5) is 0. The van der Waals surface area contributed by atoms with Crippen molar-refractivity contribution < 1.29 is 4.43 Å². The van der Waals surface area contributed by atoms with E-state index in [9.17, 15) is 0 Å². The summed E-state index contributed by atoms with van der Waals surface area (Å²) < 4.78 is 6.12. The summed E-state index contributed by atoms with van der Waals surface area (Å²) in [5, 5.41) is 0. The average Bonchev–Trinajstić information content (AvgIpc) is 2.17. The second kappa shape index (κ2) is 8.68. The zero-order chi connectivity index (χ0) is 11.7. The quantitative estimate of drug-likeness (QED) is 0.424. The van der Waals surface area contributed by atoms with E-state index in [0.717, 1.165) is 18.5 Å². The van der Waals surface area contributed by atoms with Crippen LogP contribution in [0.3, 0.4) is 0 Å². The third-order valence-corrected chi connectivity index (χ3v) is 4.33. The molecule has 1 radical (unpaired) electrons. The lowest BCUT2D eigenvalue weighted by Gasteiger charge is -2.24. The lowest BCUT2D eigenvalue weighted by molar-refractivity contribution is 0.153. The fourth-order valence-electron chi connectivity index (χ4n) is 1.34. The highest BCUT2D eigenvalue weighted by atomic mass is 28.3. The molecule has 0 spiro atoms. The van der Waals surface area contributed by atoms with E-state index >= 15 is 0 Å². The summed E-state index contributed by atoms with van der Waals surface area (Å²) in [5.74, 6) is 0.539. The molecule has 0 amide bonds. The van der Waals surface area contributed by atoms with Gasteiger partial charge in [0.25, 0.3) is 0 Å². The van der Waals surface area contributed by atoms with Gasteiger partial charge in [-0.15, -0.1) is 19.7 Å². The van der Waals surface area contributed by atoms with Crippen LogP contribution in [-0.2, 0) is 4.43 Å². The standard InChI is InChI=1S/C13H23OSi/c1-6-9-13(12(4)5)14-15(10-7-2)11-8-3/h6-8,12-13H,1-3,9-11H2,4-5H3. The van der Waals surface area contributed by atoms with Crippen molar-refractivity contribution in [2.75, 3.05) is 0 Å². The molecule has 1 atom stereocenters. The first-order valence-corrected chi connectivity index (χ1v) is 7.32. The largest absolute Gasteiger partial charge is 0.413 e. The molecule has 0 aliphatic heterocycles. The van der Waals surface area contributed by atoms with E-state index < -0.39 is 9.04 Å². The van der Waals surface area contributed by atoms with Crippen molar-refractivity contribution in [2.24, 2.45) is 5.92 Å². The van der Waals surface area contributed by atoms with Crippen LogP contribution in [0.5, 0.6) is 0 Å². The number of hydrogen-bond donors (Lipinski definition) is 0. The van der Waals surface area contributed by atoms with Gasteiger partial charge in [-0.3, -0.25) is 0 Å². The van der Waals surface area contributed by atoms with Gasteiger partial charge >= 0.3 is 0 Å². The van der Waals surface area contributed by atoms with Crippen molar-refractivity contribution >= 4 is 9.04 Å². The molecule has 0 aromatic rings. The van der Waals surface area contributed by atoms with E-state index in [-0.39, 0.29) is 0 Å². The number of hydrogen-bond acceptors (Lipinski definition) is 1. The Morgan fingerprint density at radius 2 is 1.60 bits per heavy atom. The Hall–Kier alpha value is -0.603. The number of allylic oxidation sites excluding steroid dienone is 2. The highest BCUT2D eigenvalue weighted by molar-refractivity contribution is 6.53. The van der Waals surface area contributed by atoms with Gasteiger partial charge in [0.1, 0.15) is 0 Å². The van der Waals surface area contributed by atoms with Crippen molar-refractivity contribution in [1.29, 1.82) is 0 Å². The van der Waals surface area contributed by atoms with Crippen molar-refractivity contribution in [3.63, 3.8) is 0 Å². The Bertz CT molecular complexity index is 189. The second-order valence-electron chi connectivity index (χ2n) is 3.95. The van der Waals surface area contributed by atoms with Crippen LogP contribution in [0.15, 0.2) is 38.0 Å². The normalized spacial score (nSPS) is 12.8. The highest BCUT2D eigenvalue weighted by Crippen LogP contribution is 2.16. The Morgan fingerprint density at radius 1 is 1.07 bits per heavy atom. The molecular weight excluding hydrogens is 200 g/mol. The van der Waals surface area contributed by atoms with Gasteiger partial charge in [-0.2, -0.15) is 0 Å². The van der Waals surface area contributed by atoms with E-state index in [1.165, 1.54) is 0 Å². The molecule has 0 saturated heterocycles. The molecule has 0 saturated carbocycles. The summed E-state index contributed by atoms with van der Waals surface area (Å²) in [7, 11) is -0.796. The first kappa shape index (κ1) is 14.4. The maximum Gasteiger partial charge on any atom is 0.219 e. The van der Waals surface area contributed by atoms with Gasteiger partial charge in [-0.1, -0.05) is 32.1 Å². The predicted molar refractivity (Wildman–Crippen MR) is 70.3 cm³/mol. The van der Waals surface area contributed by atoms with Gasteiger partial charge in [0.2, 0.25) is 9.04 Å². The lowest BCUT2D eigenvalue weighted by atomic mass is 10.1. The minimum absolute atomic E-state index is 0.302. The van der Waals surface area contributed by atoms with E-state index in [4.69, 9.17) is 4.43 Å². The molecule has 2 heteroatoms. The molecule has 0 aliphatic rings. The number of rotatable bonds is 9. The van der Waals surface area contributed by atoms with Gasteiger partial charge in [0.05, 0.1) is 6.10 Å². The van der Waals surface area contributed by atoms with Crippen LogP contribution in [0.2, 0.25) is 12.1 Å². The Morgan fingerprint density at radius 3 is 1.93 bits per heavy atom. The average molecular weight is 223 g/mol. The fraction of sp³-hybridized carbons (Fsp3) is 0.538. The Balaban J connectivity index is 4.23. The summed E-state index contributed by atoms with van der Waals surface area (Å²) in [6, 6.07) is 1.97. The molecular formula is C13H23OSi. The molecule has 85 valence electrons. The molecule has 0 rings (SSSR count). The van der Waals surface area contributed by atoms with E-state index in [0.29, 0.717) is 12.0 Å². The third kappa shape index (κ3) is 6.47. The molecule has 0 aliphatic carbocycles. The highest BCUT2D eigenvalue weighted by Gasteiger charge is 2.18. The molecule has 0 N–H and O–H groups in total. The molecule has 0 aromatic carbocycles. The van der Waals surface area contributed by atoms with Gasteiger partial charge in [0.15, 0.2) is 0 Å². The molecule has 15 heavy (non-hydrogen) atoms. The Kier molecular flexibility index (Phi) is 8.34. The maximum absolute atomic E-state index is 6.12. The van der Waals surface area contributed by atoms with Crippen LogP contribution in [0.4, 0.5) is 0 Å².